The number of nitrogen functional groups attached to an aromatic ring is 1. The molecule has 1 atom stereocenters. The molecule has 3 rings (SSSR count). The molecule has 3 aromatic carbocycles. The minimum atomic E-state index is -2.50. The molecule has 0 amide bonds. The maximum atomic E-state index is 11.7. The number of hydrogen-bond acceptors (Lipinski definition) is 4. The highest BCUT2D eigenvalue weighted by molar-refractivity contribution is 7.81. The van der Waals surface area contributed by atoms with Crippen LogP contribution < -0.4 is 14.8 Å². The van der Waals surface area contributed by atoms with Gasteiger partial charge in [0.15, 0.2) is 0 Å². The summed E-state index contributed by atoms with van der Waals surface area (Å²) in [4.78, 5) is 0. The van der Waals surface area contributed by atoms with E-state index in [4.69, 9.17) is 10.5 Å². The highest BCUT2D eigenvalue weighted by atomic mass is 32.2. The van der Waals surface area contributed by atoms with E-state index in [1.54, 1.807) is 48.5 Å². The van der Waals surface area contributed by atoms with Crippen LogP contribution in [0.3, 0.4) is 0 Å². The van der Waals surface area contributed by atoms with Crippen LogP contribution in [0.15, 0.2) is 78.9 Å². The molecule has 0 fully saturated rings. The van der Waals surface area contributed by atoms with Crippen LogP contribution in [0.25, 0.3) is 0 Å². The zero-order valence-electron chi connectivity index (χ0n) is 12.7. The van der Waals surface area contributed by atoms with E-state index in [1.807, 2.05) is 30.3 Å². The van der Waals surface area contributed by atoms with Gasteiger partial charge in [-0.1, -0.05) is 30.3 Å². The molecule has 24 heavy (non-hydrogen) atoms. The average molecular weight is 339 g/mol. The van der Waals surface area contributed by atoms with Gasteiger partial charge in [-0.2, -0.15) is 0 Å². The van der Waals surface area contributed by atoms with Crippen molar-refractivity contribution in [1.29, 1.82) is 0 Å². The summed E-state index contributed by atoms with van der Waals surface area (Å²) in [7, 11) is 0. The fourth-order valence-electron chi connectivity index (χ4n) is 2.25. The van der Waals surface area contributed by atoms with E-state index < -0.39 is 11.3 Å². The molecule has 0 saturated heterocycles. The topological polar surface area (TPSA) is 78.6 Å². The zero-order chi connectivity index (χ0) is 16.9. The SMILES string of the molecule is Nc1ccccc1N(c1ccc(Oc2ccccc2)cc1)S(=O)[O-]. The van der Waals surface area contributed by atoms with Crippen molar-refractivity contribution < 1.29 is 13.5 Å². The van der Waals surface area contributed by atoms with Crippen LogP contribution in [0, 0.1) is 0 Å². The average Bonchev–Trinajstić information content (AvgIpc) is 2.59. The first-order chi connectivity index (χ1) is 11.6. The third-order valence-corrected chi connectivity index (χ3v) is 4.06. The summed E-state index contributed by atoms with van der Waals surface area (Å²) in [5.41, 5.74) is 7.15. The lowest BCUT2D eigenvalue weighted by Gasteiger charge is -2.27. The van der Waals surface area contributed by atoms with Crippen molar-refractivity contribution >= 4 is 28.3 Å². The first kappa shape index (κ1) is 16.0. The van der Waals surface area contributed by atoms with Gasteiger partial charge in [-0.3, -0.25) is 8.51 Å². The molecule has 122 valence electrons. The number of nitrogens with two attached hydrogens (primary N) is 1. The molecular formula is C18H15N2O3S-. The van der Waals surface area contributed by atoms with Crippen molar-refractivity contribution in [1.82, 2.24) is 0 Å². The highest BCUT2D eigenvalue weighted by Crippen LogP contribution is 2.33. The van der Waals surface area contributed by atoms with Gasteiger partial charge < -0.3 is 15.0 Å². The summed E-state index contributed by atoms with van der Waals surface area (Å²) in [6.07, 6.45) is 0. The van der Waals surface area contributed by atoms with Crippen LogP contribution in [-0.4, -0.2) is 8.76 Å². The number of rotatable bonds is 5. The van der Waals surface area contributed by atoms with E-state index in [1.165, 1.54) is 0 Å². The first-order valence-electron chi connectivity index (χ1n) is 7.22. The van der Waals surface area contributed by atoms with Crippen molar-refractivity contribution in [3.05, 3.63) is 78.9 Å². The standard InChI is InChI=1S/C18H16N2O3S/c19-17-8-4-5-9-18(17)20(24(21)22)14-10-12-16(13-11-14)23-15-6-2-1-3-7-15/h1-13H,19H2,(H,21,22)/p-1. The summed E-state index contributed by atoms with van der Waals surface area (Å²) in [5, 5.41) is 0. The number of anilines is 3. The fourth-order valence-corrected chi connectivity index (χ4v) is 2.87. The van der Waals surface area contributed by atoms with Gasteiger partial charge in [0.2, 0.25) is 0 Å². The molecule has 0 aliphatic rings. The predicted octanol–water partition coefficient (Wildman–Crippen LogP) is 3.99. The van der Waals surface area contributed by atoms with Crippen LogP contribution in [0.1, 0.15) is 0 Å². The zero-order valence-corrected chi connectivity index (χ0v) is 13.5. The Morgan fingerprint density at radius 1 is 0.833 bits per heavy atom. The van der Waals surface area contributed by atoms with E-state index >= 15 is 0 Å². The number of ether oxygens (including phenoxy) is 1. The van der Waals surface area contributed by atoms with Crippen molar-refractivity contribution in [2.24, 2.45) is 0 Å². The van der Waals surface area contributed by atoms with Crippen molar-refractivity contribution in [2.45, 2.75) is 0 Å². The summed E-state index contributed by atoms with van der Waals surface area (Å²) in [6.45, 7) is 0. The second-order valence-electron chi connectivity index (χ2n) is 4.98. The molecule has 0 aliphatic heterocycles. The molecule has 0 bridgehead atoms. The molecule has 2 N–H and O–H groups in total. The Morgan fingerprint density at radius 3 is 2.04 bits per heavy atom. The largest absolute Gasteiger partial charge is 0.755 e. The Bertz CT molecular complexity index is 838. The third kappa shape index (κ3) is 3.56. The van der Waals surface area contributed by atoms with Gasteiger partial charge >= 0.3 is 0 Å². The Morgan fingerprint density at radius 2 is 1.42 bits per heavy atom. The number of nitrogens with zero attached hydrogens (tertiary/aromatic N) is 1. The van der Waals surface area contributed by atoms with Gasteiger partial charge in [-0.05, 0) is 48.5 Å². The second-order valence-corrected chi connectivity index (χ2v) is 5.78. The summed E-state index contributed by atoms with van der Waals surface area (Å²) in [6, 6.07) is 22.9. The molecule has 3 aromatic rings. The number of para-hydroxylation sites is 3. The van der Waals surface area contributed by atoms with E-state index in [2.05, 4.69) is 0 Å². The normalized spacial score (nSPS) is 11.7. The van der Waals surface area contributed by atoms with Crippen LogP contribution in [0.5, 0.6) is 11.5 Å². The smallest absolute Gasteiger partial charge is 0.127 e. The summed E-state index contributed by atoms with van der Waals surface area (Å²) < 4.78 is 30.2. The van der Waals surface area contributed by atoms with Crippen molar-refractivity contribution in [3.63, 3.8) is 0 Å². The Kier molecular flexibility index (Phi) is 4.79. The Balaban J connectivity index is 1.88. The molecular weight excluding hydrogens is 324 g/mol. The Hall–Kier alpha value is -2.83. The van der Waals surface area contributed by atoms with Crippen LogP contribution >= 0.6 is 0 Å². The van der Waals surface area contributed by atoms with E-state index in [-0.39, 0.29) is 0 Å². The predicted molar refractivity (Wildman–Crippen MR) is 94.9 cm³/mol. The second kappa shape index (κ2) is 7.16. The molecule has 0 radical (unpaired) electrons. The molecule has 0 aromatic heterocycles. The fraction of sp³-hybridized carbons (Fsp3) is 0. The van der Waals surface area contributed by atoms with Gasteiger partial charge in [0, 0.05) is 0 Å². The van der Waals surface area contributed by atoms with E-state index in [9.17, 15) is 8.76 Å². The van der Waals surface area contributed by atoms with Gasteiger partial charge in [-0.15, -0.1) is 0 Å². The molecule has 0 aliphatic carbocycles. The van der Waals surface area contributed by atoms with Crippen LogP contribution in [0.4, 0.5) is 17.1 Å². The van der Waals surface area contributed by atoms with Crippen molar-refractivity contribution in [3.8, 4) is 11.5 Å². The minimum absolute atomic E-state index is 0.381. The maximum Gasteiger partial charge on any atom is 0.127 e. The van der Waals surface area contributed by atoms with Crippen LogP contribution in [-0.2, 0) is 11.3 Å². The molecule has 5 nitrogen and oxygen atoms in total. The number of hydrogen-bond donors (Lipinski definition) is 1. The van der Waals surface area contributed by atoms with E-state index in [0.29, 0.717) is 28.6 Å². The lowest BCUT2D eigenvalue weighted by molar-refractivity contribution is 0.482. The van der Waals surface area contributed by atoms with Crippen molar-refractivity contribution in [2.75, 3.05) is 10.0 Å². The third-order valence-electron chi connectivity index (χ3n) is 3.35. The number of benzene rings is 3. The molecule has 0 saturated carbocycles. The van der Waals surface area contributed by atoms with Gasteiger partial charge in [0.25, 0.3) is 0 Å². The summed E-state index contributed by atoms with van der Waals surface area (Å²) in [5.74, 6) is 1.32. The van der Waals surface area contributed by atoms with Gasteiger partial charge in [-0.25, -0.2) is 0 Å². The molecule has 0 heterocycles. The van der Waals surface area contributed by atoms with Gasteiger partial charge in [0.1, 0.15) is 11.5 Å². The first-order valence-corrected chi connectivity index (χ1v) is 8.25. The highest BCUT2D eigenvalue weighted by Gasteiger charge is 2.13. The quantitative estimate of drug-likeness (QED) is 0.563. The maximum absolute atomic E-state index is 11.7. The molecule has 6 heteroatoms. The molecule has 1 unspecified atom stereocenters. The van der Waals surface area contributed by atoms with Gasteiger partial charge in [0.05, 0.1) is 28.3 Å². The van der Waals surface area contributed by atoms with E-state index in [0.717, 1.165) is 4.31 Å². The lowest BCUT2D eigenvalue weighted by atomic mass is 10.2. The minimum Gasteiger partial charge on any atom is -0.755 e. The monoisotopic (exact) mass is 339 g/mol. The lowest BCUT2D eigenvalue weighted by Crippen LogP contribution is -2.20. The van der Waals surface area contributed by atoms with Crippen LogP contribution in [0.2, 0.25) is 0 Å². The summed E-state index contributed by atoms with van der Waals surface area (Å²) >= 11 is -2.50. The Labute approximate surface area is 142 Å². The molecule has 0 spiro atoms.